The predicted octanol–water partition coefficient (Wildman–Crippen LogP) is 2.91. The molecule has 3 heterocycles. The Morgan fingerprint density at radius 2 is 2.08 bits per heavy atom. The van der Waals surface area contributed by atoms with Crippen LogP contribution in [0.25, 0.3) is 0 Å². The maximum atomic E-state index is 12.7. The van der Waals surface area contributed by atoms with Gasteiger partial charge < -0.3 is 4.57 Å². The van der Waals surface area contributed by atoms with Gasteiger partial charge in [-0.2, -0.15) is 5.10 Å². The Bertz CT molecular complexity index is 971. The fourth-order valence-corrected chi connectivity index (χ4v) is 4.53. The van der Waals surface area contributed by atoms with Crippen molar-refractivity contribution < 1.29 is 8.42 Å². The van der Waals surface area contributed by atoms with Gasteiger partial charge in [0, 0.05) is 29.4 Å². The molecule has 9 heteroatoms. The van der Waals surface area contributed by atoms with Crippen molar-refractivity contribution in [3.05, 3.63) is 52.4 Å². The van der Waals surface area contributed by atoms with Crippen LogP contribution in [0.2, 0.25) is 0 Å². The van der Waals surface area contributed by atoms with Crippen molar-refractivity contribution in [2.24, 2.45) is 0 Å². The molecule has 0 aliphatic rings. The zero-order chi connectivity index (χ0) is 18.9. The Morgan fingerprint density at radius 3 is 2.62 bits per heavy atom. The largest absolute Gasteiger partial charge is 0.334 e. The molecule has 1 atom stereocenters. The average molecular weight is 394 g/mol. The van der Waals surface area contributed by atoms with Gasteiger partial charge in [-0.25, -0.2) is 18.1 Å². The van der Waals surface area contributed by atoms with E-state index in [1.165, 1.54) is 6.33 Å². The van der Waals surface area contributed by atoms with Crippen LogP contribution in [0.15, 0.2) is 41.1 Å². The summed E-state index contributed by atoms with van der Waals surface area (Å²) in [7, 11) is -3.69. The van der Waals surface area contributed by atoms with Crippen molar-refractivity contribution in [1.82, 2.24) is 24.1 Å². The molecule has 0 amide bonds. The zero-order valence-corrected chi connectivity index (χ0v) is 16.9. The van der Waals surface area contributed by atoms with Gasteiger partial charge in [0.1, 0.15) is 0 Å². The molecule has 26 heavy (non-hydrogen) atoms. The number of hydrogen-bond acceptors (Lipinski definition) is 5. The second kappa shape index (κ2) is 7.34. The van der Waals surface area contributed by atoms with Crippen molar-refractivity contribution in [2.45, 2.75) is 44.8 Å². The smallest absolute Gasteiger partial charge is 0.259 e. The van der Waals surface area contributed by atoms with Crippen molar-refractivity contribution in [3.63, 3.8) is 0 Å². The van der Waals surface area contributed by atoms with E-state index >= 15 is 0 Å². The lowest BCUT2D eigenvalue weighted by molar-refractivity contribution is 0.499. The summed E-state index contributed by atoms with van der Waals surface area (Å²) in [6, 6.07) is 5.88. The monoisotopic (exact) mass is 393 g/mol. The van der Waals surface area contributed by atoms with E-state index in [9.17, 15) is 8.42 Å². The molecule has 0 fully saturated rings. The molecule has 0 aliphatic carbocycles. The topological polar surface area (TPSA) is 81.8 Å². The molecule has 140 valence electrons. The van der Waals surface area contributed by atoms with Crippen LogP contribution in [0, 0.1) is 13.8 Å². The van der Waals surface area contributed by atoms with Crippen molar-refractivity contribution in [3.8, 4) is 0 Å². The fourth-order valence-electron chi connectivity index (χ4n) is 2.75. The molecular weight excluding hydrogens is 370 g/mol. The SMILES string of the molecule is Cc1cc(C)n([C@@H](CNS(=O)(=O)c2cn(C(C)C)cn2)c2cccs2)n1. The van der Waals surface area contributed by atoms with Gasteiger partial charge in [0.15, 0.2) is 5.03 Å². The average Bonchev–Trinajstić information content (AvgIpc) is 3.29. The van der Waals surface area contributed by atoms with Crippen molar-refractivity contribution in [2.75, 3.05) is 6.54 Å². The van der Waals surface area contributed by atoms with E-state index < -0.39 is 10.0 Å². The number of nitrogens with zero attached hydrogens (tertiary/aromatic N) is 4. The number of rotatable bonds is 7. The first-order valence-electron chi connectivity index (χ1n) is 8.37. The van der Waals surface area contributed by atoms with Crippen LogP contribution in [-0.2, 0) is 10.0 Å². The molecule has 3 aromatic rings. The van der Waals surface area contributed by atoms with E-state index in [1.807, 2.05) is 56.0 Å². The maximum absolute atomic E-state index is 12.7. The highest BCUT2D eigenvalue weighted by Crippen LogP contribution is 2.24. The van der Waals surface area contributed by atoms with Crippen molar-refractivity contribution >= 4 is 21.4 Å². The van der Waals surface area contributed by atoms with Gasteiger partial charge in [0.2, 0.25) is 0 Å². The highest BCUT2D eigenvalue weighted by Gasteiger charge is 2.23. The van der Waals surface area contributed by atoms with Gasteiger partial charge in [-0.15, -0.1) is 11.3 Å². The molecular formula is C17H23N5O2S2. The summed E-state index contributed by atoms with van der Waals surface area (Å²) in [4.78, 5) is 5.08. The lowest BCUT2D eigenvalue weighted by Gasteiger charge is -2.18. The third-order valence-corrected chi connectivity index (χ3v) is 6.41. The third kappa shape index (κ3) is 3.89. The van der Waals surface area contributed by atoms with Crippen LogP contribution >= 0.6 is 11.3 Å². The fraction of sp³-hybridized carbons (Fsp3) is 0.412. The number of thiophene rings is 1. The van der Waals surface area contributed by atoms with Gasteiger partial charge in [-0.05, 0) is 45.2 Å². The highest BCUT2D eigenvalue weighted by molar-refractivity contribution is 7.89. The van der Waals surface area contributed by atoms with Gasteiger partial charge >= 0.3 is 0 Å². The first kappa shape index (κ1) is 18.8. The summed E-state index contributed by atoms with van der Waals surface area (Å²) in [6.45, 7) is 8.05. The zero-order valence-electron chi connectivity index (χ0n) is 15.2. The Balaban J connectivity index is 1.84. The summed E-state index contributed by atoms with van der Waals surface area (Å²) in [6.07, 6.45) is 3.09. The van der Waals surface area contributed by atoms with Crippen LogP contribution in [0.4, 0.5) is 0 Å². The first-order valence-corrected chi connectivity index (χ1v) is 10.7. The van der Waals surface area contributed by atoms with Crippen LogP contribution in [0.3, 0.4) is 0 Å². The second-order valence-corrected chi connectivity index (χ2v) is 9.20. The minimum absolute atomic E-state index is 0.0319. The Hall–Kier alpha value is -1.97. The summed E-state index contributed by atoms with van der Waals surface area (Å²) < 4.78 is 31.6. The predicted molar refractivity (Wildman–Crippen MR) is 102 cm³/mol. The molecule has 0 aliphatic heterocycles. The van der Waals surface area contributed by atoms with Crippen LogP contribution in [0.1, 0.15) is 42.2 Å². The molecule has 0 radical (unpaired) electrons. The van der Waals surface area contributed by atoms with E-state index in [2.05, 4.69) is 14.8 Å². The van der Waals surface area contributed by atoms with E-state index in [-0.39, 0.29) is 23.7 Å². The molecule has 0 aromatic carbocycles. The van der Waals surface area contributed by atoms with Crippen LogP contribution in [-0.4, -0.2) is 34.3 Å². The van der Waals surface area contributed by atoms with E-state index in [0.717, 1.165) is 16.3 Å². The number of nitrogens with one attached hydrogen (secondary N) is 1. The molecule has 3 aromatic heterocycles. The molecule has 0 bridgehead atoms. The van der Waals surface area contributed by atoms with Crippen LogP contribution < -0.4 is 4.72 Å². The van der Waals surface area contributed by atoms with Gasteiger partial charge in [0.25, 0.3) is 10.0 Å². The van der Waals surface area contributed by atoms with Gasteiger partial charge in [0.05, 0.1) is 18.1 Å². The van der Waals surface area contributed by atoms with E-state index in [1.54, 1.807) is 22.1 Å². The van der Waals surface area contributed by atoms with Gasteiger partial charge in [-0.3, -0.25) is 4.68 Å². The van der Waals surface area contributed by atoms with E-state index in [4.69, 9.17) is 0 Å². The molecule has 7 nitrogen and oxygen atoms in total. The number of aryl methyl sites for hydroxylation is 2. The standard InChI is InChI=1S/C17H23N5O2S2/c1-12(2)21-10-17(18-11-21)26(23,24)19-9-15(16-6-5-7-25-16)22-14(4)8-13(3)20-22/h5-8,10-12,15,19H,9H2,1-4H3/t15-/m0/s1. The number of aromatic nitrogens is 4. The molecule has 0 saturated carbocycles. The maximum Gasteiger partial charge on any atom is 0.259 e. The molecule has 0 unspecified atom stereocenters. The van der Waals surface area contributed by atoms with E-state index in [0.29, 0.717) is 0 Å². The Labute approximate surface area is 157 Å². The highest BCUT2D eigenvalue weighted by atomic mass is 32.2. The summed E-state index contributed by atoms with van der Waals surface area (Å²) in [5, 5.41) is 6.55. The first-order chi connectivity index (χ1) is 12.3. The summed E-state index contributed by atoms with van der Waals surface area (Å²) in [5.74, 6) is 0. The molecule has 1 N–H and O–H groups in total. The number of sulfonamides is 1. The quantitative estimate of drug-likeness (QED) is 0.669. The summed E-state index contributed by atoms with van der Waals surface area (Å²) >= 11 is 1.58. The Kier molecular flexibility index (Phi) is 5.31. The van der Waals surface area contributed by atoms with Gasteiger partial charge in [-0.1, -0.05) is 6.07 Å². The minimum Gasteiger partial charge on any atom is -0.334 e. The minimum atomic E-state index is -3.69. The van der Waals surface area contributed by atoms with Crippen LogP contribution in [0.5, 0.6) is 0 Å². The molecule has 3 rings (SSSR count). The Morgan fingerprint density at radius 1 is 1.31 bits per heavy atom. The summed E-state index contributed by atoms with van der Waals surface area (Å²) in [5.41, 5.74) is 1.90. The lowest BCUT2D eigenvalue weighted by Crippen LogP contribution is -2.32. The lowest BCUT2D eigenvalue weighted by atomic mass is 10.2. The number of hydrogen-bond donors (Lipinski definition) is 1. The number of imidazole rings is 1. The second-order valence-electron chi connectivity index (χ2n) is 6.51. The third-order valence-electron chi connectivity index (χ3n) is 4.13. The normalized spacial score (nSPS) is 13.4. The molecule has 0 spiro atoms. The molecule has 0 saturated heterocycles. The van der Waals surface area contributed by atoms with Crippen molar-refractivity contribution in [1.29, 1.82) is 0 Å².